The van der Waals surface area contributed by atoms with E-state index in [9.17, 15) is 9.59 Å². The van der Waals surface area contributed by atoms with Crippen molar-refractivity contribution in [2.45, 2.75) is 20.3 Å². The molecule has 0 saturated heterocycles. The van der Waals surface area contributed by atoms with E-state index in [0.29, 0.717) is 13.1 Å². The molecule has 96 valence electrons. The summed E-state index contributed by atoms with van der Waals surface area (Å²) < 4.78 is 0. The molecule has 0 saturated carbocycles. The summed E-state index contributed by atoms with van der Waals surface area (Å²) in [5.74, 6) is -0.776. The summed E-state index contributed by atoms with van der Waals surface area (Å²) in [7, 11) is 1.44. The SMILES string of the molecule is CC(C)CN(CCC#N)C(=O)N(C)CC(=O)O. The number of hydrogen-bond donors (Lipinski definition) is 1. The van der Waals surface area contributed by atoms with Gasteiger partial charge in [-0.3, -0.25) is 4.79 Å². The Morgan fingerprint density at radius 3 is 2.41 bits per heavy atom. The molecule has 0 aliphatic carbocycles. The normalized spacial score (nSPS) is 9.82. The predicted octanol–water partition coefficient (Wildman–Crippen LogP) is 0.994. The Labute approximate surface area is 101 Å². The molecule has 0 unspecified atom stereocenters. The molecule has 1 N–H and O–H groups in total. The molecule has 0 aliphatic heterocycles. The molecule has 0 heterocycles. The van der Waals surface area contributed by atoms with Crippen LogP contribution in [0.2, 0.25) is 0 Å². The van der Waals surface area contributed by atoms with Crippen LogP contribution in [0.25, 0.3) is 0 Å². The number of aliphatic carboxylic acids is 1. The number of carbonyl (C=O) groups excluding carboxylic acids is 1. The molecule has 2 amide bonds. The van der Waals surface area contributed by atoms with Crippen molar-refractivity contribution in [3.8, 4) is 6.07 Å². The number of amides is 2. The lowest BCUT2D eigenvalue weighted by Crippen LogP contribution is -2.45. The maximum absolute atomic E-state index is 11.9. The summed E-state index contributed by atoms with van der Waals surface area (Å²) in [5, 5.41) is 17.1. The Balaban J connectivity index is 4.50. The van der Waals surface area contributed by atoms with E-state index < -0.39 is 5.97 Å². The summed E-state index contributed by atoms with van der Waals surface area (Å²) in [6, 6.07) is 1.63. The van der Waals surface area contributed by atoms with Gasteiger partial charge in [0.25, 0.3) is 0 Å². The molecule has 0 radical (unpaired) electrons. The van der Waals surface area contributed by atoms with Gasteiger partial charge in [-0.2, -0.15) is 5.26 Å². The third-order valence-electron chi connectivity index (χ3n) is 2.05. The van der Waals surface area contributed by atoms with Crippen LogP contribution < -0.4 is 0 Å². The molecule has 6 heteroatoms. The molecule has 17 heavy (non-hydrogen) atoms. The Morgan fingerprint density at radius 2 is 2.00 bits per heavy atom. The Kier molecular flexibility index (Phi) is 6.71. The fraction of sp³-hybridized carbons (Fsp3) is 0.727. The number of hydrogen-bond acceptors (Lipinski definition) is 3. The molecule has 0 rings (SSSR count). The number of nitrogens with zero attached hydrogens (tertiary/aromatic N) is 3. The van der Waals surface area contributed by atoms with E-state index in [0.717, 1.165) is 4.90 Å². The number of rotatable bonds is 6. The molecule has 0 spiro atoms. The van der Waals surface area contributed by atoms with Crippen molar-refractivity contribution < 1.29 is 14.7 Å². The monoisotopic (exact) mass is 241 g/mol. The van der Waals surface area contributed by atoms with Crippen molar-refractivity contribution in [1.29, 1.82) is 5.26 Å². The molecule has 0 fully saturated rings. The molecule has 0 aromatic heterocycles. The van der Waals surface area contributed by atoms with E-state index in [4.69, 9.17) is 10.4 Å². The maximum Gasteiger partial charge on any atom is 0.323 e. The molecule has 6 nitrogen and oxygen atoms in total. The lowest BCUT2D eigenvalue weighted by atomic mass is 10.2. The van der Waals surface area contributed by atoms with Crippen LogP contribution in [0.3, 0.4) is 0 Å². The minimum atomic E-state index is -1.05. The van der Waals surface area contributed by atoms with Crippen molar-refractivity contribution in [2.75, 3.05) is 26.7 Å². The van der Waals surface area contributed by atoms with Gasteiger partial charge in [-0.15, -0.1) is 0 Å². The number of nitriles is 1. The van der Waals surface area contributed by atoms with E-state index >= 15 is 0 Å². The highest BCUT2D eigenvalue weighted by Gasteiger charge is 2.20. The average molecular weight is 241 g/mol. The Morgan fingerprint density at radius 1 is 1.41 bits per heavy atom. The maximum atomic E-state index is 11.9. The van der Waals surface area contributed by atoms with Gasteiger partial charge in [0.1, 0.15) is 6.54 Å². The molecular weight excluding hydrogens is 222 g/mol. The van der Waals surface area contributed by atoms with E-state index in [1.165, 1.54) is 11.9 Å². The van der Waals surface area contributed by atoms with Crippen LogP contribution in [0.15, 0.2) is 0 Å². The smallest absolute Gasteiger partial charge is 0.323 e. The minimum absolute atomic E-state index is 0.249. The van der Waals surface area contributed by atoms with Gasteiger partial charge in [0.05, 0.1) is 12.5 Å². The summed E-state index contributed by atoms with van der Waals surface area (Å²) in [6.07, 6.45) is 0.249. The first kappa shape index (κ1) is 15.2. The van der Waals surface area contributed by atoms with E-state index in [2.05, 4.69) is 0 Å². The summed E-state index contributed by atoms with van der Waals surface area (Å²) in [4.78, 5) is 25.1. The van der Waals surface area contributed by atoms with Crippen molar-refractivity contribution in [3.05, 3.63) is 0 Å². The van der Waals surface area contributed by atoms with Gasteiger partial charge in [0, 0.05) is 20.1 Å². The number of carbonyl (C=O) groups is 2. The summed E-state index contributed by atoms with van der Waals surface area (Å²) in [6.45, 7) is 4.44. The fourth-order valence-corrected chi connectivity index (χ4v) is 1.40. The highest BCUT2D eigenvalue weighted by atomic mass is 16.4. The number of carboxylic acid groups (broad SMARTS) is 1. The molecule has 0 aliphatic rings. The van der Waals surface area contributed by atoms with Gasteiger partial charge in [-0.05, 0) is 5.92 Å². The first-order valence-electron chi connectivity index (χ1n) is 5.47. The second-order valence-corrected chi connectivity index (χ2v) is 4.28. The number of urea groups is 1. The molecular formula is C11H19N3O3. The number of carboxylic acids is 1. The van der Waals surface area contributed by atoms with Gasteiger partial charge in [0.2, 0.25) is 0 Å². The third-order valence-corrected chi connectivity index (χ3v) is 2.05. The van der Waals surface area contributed by atoms with Gasteiger partial charge in [-0.25, -0.2) is 4.79 Å². The highest BCUT2D eigenvalue weighted by molar-refractivity contribution is 5.79. The van der Waals surface area contributed by atoms with Gasteiger partial charge in [-0.1, -0.05) is 13.8 Å². The minimum Gasteiger partial charge on any atom is -0.480 e. The van der Waals surface area contributed by atoms with Gasteiger partial charge < -0.3 is 14.9 Å². The first-order valence-corrected chi connectivity index (χ1v) is 5.47. The van der Waals surface area contributed by atoms with Crippen molar-refractivity contribution in [3.63, 3.8) is 0 Å². The molecule has 0 atom stereocenters. The summed E-state index contributed by atoms with van der Waals surface area (Å²) >= 11 is 0. The molecule has 0 aromatic carbocycles. The molecule has 0 bridgehead atoms. The second-order valence-electron chi connectivity index (χ2n) is 4.28. The van der Waals surface area contributed by atoms with Crippen LogP contribution in [-0.4, -0.2) is 53.6 Å². The van der Waals surface area contributed by atoms with Crippen LogP contribution >= 0.6 is 0 Å². The van der Waals surface area contributed by atoms with Crippen molar-refractivity contribution in [2.24, 2.45) is 5.92 Å². The lowest BCUT2D eigenvalue weighted by Gasteiger charge is -2.28. The zero-order valence-corrected chi connectivity index (χ0v) is 10.5. The molecule has 0 aromatic rings. The van der Waals surface area contributed by atoms with E-state index in [1.807, 2.05) is 19.9 Å². The largest absolute Gasteiger partial charge is 0.480 e. The van der Waals surface area contributed by atoms with Crippen molar-refractivity contribution >= 4 is 12.0 Å². The Bertz CT molecular complexity index is 310. The second kappa shape index (κ2) is 7.49. The predicted molar refractivity (Wildman–Crippen MR) is 62.3 cm³/mol. The van der Waals surface area contributed by atoms with Crippen LogP contribution in [-0.2, 0) is 4.79 Å². The summed E-state index contributed by atoms with van der Waals surface area (Å²) in [5.41, 5.74) is 0. The fourth-order valence-electron chi connectivity index (χ4n) is 1.40. The standard InChI is InChI=1S/C11H19N3O3/c1-9(2)7-14(6-4-5-12)11(17)13(3)8-10(15)16/h9H,4,6-8H2,1-3H3,(H,15,16). The Hall–Kier alpha value is -1.77. The van der Waals surface area contributed by atoms with E-state index in [-0.39, 0.29) is 24.9 Å². The zero-order valence-electron chi connectivity index (χ0n) is 10.5. The highest BCUT2D eigenvalue weighted by Crippen LogP contribution is 2.04. The quantitative estimate of drug-likeness (QED) is 0.751. The first-order chi connectivity index (χ1) is 7.88. The van der Waals surface area contributed by atoms with Gasteiger partial charge >= 0.3 is 12.0 Å². The van der Waals surface area contributed by atoms with Crippen LogP contribution in [0.5, 0.6) is 0 Å². The zero-order chi connectivity index (χ0) is 13.4. The van der Waals surface area contributed by atoms with Crippen LogP contribution in [0.4, 0.5) is 4.79 Å². The number of likely N-dealkylation sites (N-methyl/N-ethyl adjacent to an activating group) is 1. The third kappa shape index (κ3) is 6.40. The lowest BCUT2D eigenvalue weighted by molar-refractivity contribution is -0.137. The van der Waals surface area contributed by atoms with Crippen molar-refractivity contribution in [1.82, 2.24) is 9.80 Å². The van der Waals surface area contributed by atoms with Gasteiger partial charge in [0.15, 0.2) is 0 Å². The average Bonchev–Trinajstić information content (AvgIpc) is 2.21. The van der Waals surface area contributed by atoms with Crippen LogP contribution in [0.1, 0.15) is 20.3 Å². The topological polar surface area (TPSA) is 84.6 Å². The van der Waals surface area contributed by atoms with Crippen LogP contribution in [0, 0.1) is 17.2 Å². The van der Waals surface area contributed by atoms with E-state index in [1.54, 1.807) is 0 Å².